The zero-order valence-corrected chi connectivity index (χ0v) is 33.7. The molecule has 7 aliphatic rings. The van der Waals surface area contributed by atoms with Crippen molar-refractivity contribution < 1.29 is 4.74 Å². The topological polar surface area (TPSA) is 12.5 Å². The number of fused-ring (bicyclic) bond motifs is 13. The highest BCUT2D eigenvalue weighted by Crippen LogP contribution is 2.60. The number of anilines is 3. The Morgan fingerprint density at radius 2 is 1.46 bits per heavy atom. The van der Waals surface area contributed by atoms with Crippen LogP contribution < -0.4 is 9.64 Å². The van der Waals surface area contributed by atoms with Gasteiger partial charge in [0.2, 0.25) is 0 Å². The highest BCUT2D eigenvalue weighted by Gasteiger charge is 2.47. The minimum atomic E-state index is -0.133. The molecule has 278 valence electrons. The molecule has 0 saturated heterocycles. The van der Waals surface area contributed by atoms with E-state index in [2.05, 4.69) is 196 Å². The van der Waals surface area contributed by atoms with Crippen molar-refractivity contribution in [2.45, 2.75) is 79.5 Å². The van der Waals surface area contributed by atoms with Crippen LogP contribution in [0.2, 0.25) is 0 Å². The fourth-order valence-electron chi connectivity index (χ4n) is 11.1. The summed E-state index contributed by atoms with van der Waals surface area (Å²) in [5.41, 5.74) is 19.8. The third-order valence-corrected chi connectivity index (χ3v) is 15.5. The van der Waals surface area contributed by atoms with Crippen LogP contribution in [0.3, 0.4) is 0 Å². The van der Waals surface area contributed by atoms with Gasteiger partial charge in [0.1, 0.15) is 11.9 Å². The van der Waals surface area contributed by atoms with Crippen molar-refractivity contribution in [2.75, 3.05) is 4.90 Å². The van der Waals surface area contributed by atoms with E-state index in [1.165, 1.54) is 83.1 Å². The molecule has 2 nitrogen and oxygen atoms in total. The van der Waals surface area contributed by atoms with E-state index in [0.717, 1.165) is 24.3 Å². The van der Waals surface area contributed by atoms with E-state index in [1.807, 2.05) is 0 Å². The predicted molar refractivity (Wildman–Crippen MR) is 238 cm³/mol. The quantitative estimate of drug-likeness (QED) is 0.181. The van der Waals surface area contributed by atoms with Gasteiger partial charge in [-0.15, -0.1) is 11.8 Å². The maximum atomic E-state index is 6.84. The van der Waals surface area contributed by atoms with Gasteiger partial charge < -0.3 is 9.64 Å². The van der Waals surface area contributed by atoms with E-state index >= 15 is 0 Å². The monoisotopic (exact) mass is 755 g/mol. The molecule has 5 aliphatic carbocycles. The summed E-state index contributed by atoms with van der Waals surface area (Å²) >= 11 is 2.05. The molecule has 0 amide bonds. The minimum Gasteiger partial charge on any atom is -0.484 e. The molecule has 2 heterocycles. The van der Waals surface area contributed by atoms with Crippen LogP contribution in [0.5, 0.6) is 5.75 Å². The molecule has 0 spiro atoms. The summed E-state index contributed by atoms with van der Waals surface area (Å²) in [6, 6.07) is 37.2. The second kappa shape index (κ2) is 12.0. The zero-order chi connectivity index (χ0) is 38.2. The van der Waals surface area contributed by atoms with E-state index in [4.69, 9.17) is 4.74 Å². The Kier molecular flexibility index (Phi) is 7.08. The fraction of sp³-hybridized carbons (Fsp3) is 0.222. The van der Waals surface area contributed by atoms with Crippen LogP contribution in [0.1, 0.15) is 91.3 Å². The van der Waals surface area contributed by atoms with Gasteiger partial charge in [0, 0.05) is 61.0 Å². The van der Waals surface area contributed by atoms with Crippen molar-refractivity contribution in [3.63, 3.8) is 0 Å². The molecule has 4 unspecified atom stereocenters. The predicted octanol–water partition coefficient (Wildman–Crippen LogP) is 14.0. The maximum absolute atomic E-state index is 6.84. The standard InChI is InChI=1S/C54H45NOS/c1-53(2)43-27-23-35(30-42(43)49-44(53)28-25-39-37-14-8-10-16-47(37)56-51(39)49)55(34-20-18-33(19-21-34)32-12-6-5-7-13-32)36-22-24-41-46(31-36)54(3,4)45-29-26-40-38-15-9-11-17-48(38)57-52(40)50(41)45/h5-6,8-12,14-31,38-39,48,51H,7,13H2,1-4H3. The van der Waals surface area contributed by atoms with Gasteiger partial charge in [-0.25, -0.2) is 0 Å². The Balaban J connectivity index is 1.01. The summed E-state index contributed by atoms with van der Waals surface area (Å²) in [6.45, 7) is 9.60. The third kappa shape index (κ3) is 4.73. The van der Waals surface area contributed by atoms with E-state index in [-0.39, 0.29) is 22.9 Å². The summed E-state index contributed by atoms with van der Waals surface area (Å²) in [5.74, 6) is 1.68. The van der Waals surface area contributed by atoms with Crippen molar-refractivity contribution in [1.29, 1.82) is 0 Å². The number of benzene rings is 5. The first-order valence-corrected chi connectivity index (χ1v) is 21.6. The van der Waals surface area contributed by atoms with Gasteiger partial charge >= 0.3 is 0 Å². The molecular formula is C54H45NOS. The maximum Gasteiger partial charge on any atom is 0.135 e. The first-order valence-electron chi connectivity index (χ1n) is 20.7. The number of nitrogens with zero attached hydrogens (tertiary/aromatic N) is 1. The number of allylic oxidation sites excluding steroid dienone is 9. The molecule has 3 heteroatoms. The van der Waals surface area contributed by atoms with Gasteiger partial charge in [0.25, 0.3) is 0 Å². The van der Waals surface area contributed by atoms with Crippen molar-refractivity contribution >= 4 is 40.0 Å². The highest BCUT2D eigenvalue weighted by molar-refractivity contribution is 8.00. The number of hydrogen-bond acceptors (Lipinski definition) is 3. The number of rotatable bonds is 4. The molecule has 0 N–H and O–H groups in total. The normalized spacial score (nSPS) is 24.1. The highest BCUT2D eigenvalue weighted by atomic mass is 32.2. The van der Waals surface area contributed by atoms with Crippen LogP contribution in [-0.2, 0) is 10.8 Å². The molecular weight excluding hydrogens is 711 g/mol. The van der Waals surface area contributed by atoms with Crippen LogP contribution in [-0.4, -0.2) is 11.4 Å². The van der Waals surface area contributed by atoms with E-state index < -0.39 is 0 Å². The zero-order valence-electron chi connectivity index (χ0n) is 32.9. The molecule has 0 fully saturated rings. The van der Waals surface area contributed by atoms with Gasteiger partial charge in [-0.2, -0.15) is 0 Å². The Labute approximate surface area is 340 Å². The van der Waals surface area contributed by atoms with Crippen LogP contribution >= 0.6 is 11.8 Å². The Morgan fingerprint density at radius 1 is 0.667 bits per heavy atom. The fourth-order valence-corrected chi connectivity index (χ4v) is 12.6. The van der Waals surface area contributed by atoms with Gasteiger partial charge in [-0.3, -0.25) is 0 Å². The second-order valence-corrected chi connectivity index (χ2v) is 19.0. The molecule has 12 rings (SSSR count). The summed E-state index contributed by atoms with van der Waals surface area (Å²) in [6.07, 6.45) is 22.9. The lowest BCUT2D eigenvalue weighted by Crippen LogP contribution is -2.24. The lowest BCUT2D eigenvalue weighted by atomic mass is 9.77. The van der Waals surface area contributed by atoms with Crippen molar-refractivity contribution in [1.82, 2.24) is 0 Å². The van der Waals surface area contributed by atoms with E-state index in [1.54, 1.807) is 0 Å². The Morgan fingerprint density at radius 3 is 2.32 bits per heavy atom. The van der Waals surface area contributed by atoms with Gasteiger partial charge in [-0.1, -0.05) is 137 Å². The first-order chi connectivity index (χ1) is 27.8. The Hall–Kier alpha value is -5.51. The average Bonchev–Trinajstić information content (AvgIpc) is 3.94. The molecule has 5 aromatic carbocycles. The smallest absolute Gasteiger partial charge is 0.135 e. The number of hydrogen-bond donors (Lipinski definition) is 0. The number of para-hydroxylation sites is 1. The second-order valence-electron chi connectivity index (χ2n) is 17.8. The largest absolute Gasteiger partial charge is 0.484 e. The Bertz CT molecular complexity index is 2770. The van der Waals surface area contributed by atoms with E-state index in [0.29, 0.717) is 11.2 Å². The van der Waals surface area contributed by atoms with Crippen LogP contribution in [0, 0.1) is 0 Å². The lowest BCUT2D eigenvalue weighted by molar-refractivity contribution is 0.277. The number of thioether (sulfide) groups is 1. The minimum absolute atomic E-state index is 0.0302. The third-order valence-electron chi connectivity index (χ3n) is 14.1. The summed E-state index contributed by atoms with van der Waals surface area (Å²) < 4.78 is 6.84. The van der Waals surface area contributed by atoms with Crippen LogP contribution in [0.25, 0.3) is 22.3 Å². The molecule has 0 radical (unpaired) electrons. The first kappa shape index (κ1) is 33.6. The van der Waals surface area contributed by atoms with Gasteiger partial charge in [0.15, 0.2) is 0 Å². The van der Waals surface area contributed by atoms with Crippen molar-refractivity contribution in [3.8, 4) is 16.9 Å². The molecule has 4 atom stereocenters. The van der Waals surface area contributed by atoms with Gasteiger partial charge in [0.05, 0.1) is 0 Å². The molecule has 2 aliphatic heterocycles. The average molecular weight is 756 g/mol. The van der Waals surface area contributed by atoms with E-state index in [9.17, 15) is 0 Å². The van der Waals surface area contributed by atoms with Crippen molar-refractivity contribution in [2.24, 2.45) is 0 Å². The summed E-state index contributed by atoms with van der Waals surface area (Å²) in [7, 11) is 0. The molecule has 5 aromatic rings. The molecule has 0 saturated carbocycles. The summed E-state index contributed by atoms with van der Waals surface area (Å²) in [5, 5.41) is 0.473. The molecule has 0 bridgehead atoms. The van der Waals surface area contributed by atoms with Gasteiger partial charge in [-0.05, 0) is 111 Å². The van der Waals surface area contributed by atoms with Crippen LogP contribution in [0.15, 0.2) is 162 Å². The SMILES string of the molecule is CC1(C)C2=C(c3cc(N(c4ccc(C5=CC=CCC5)cc4)c4ccc5c(c4)C(C)(C)c4ccc6c(c4-5)SC4C=CC=CC64)ccc31)C1Oc3ccccc3C1C=C2. The summed E-state index contributed by atoms with van der Waals surface area (Å²) in [4.78, 5) is 3.97. The molecule has 57 heavy (non-hydrogen) atoms. The van der Waals surface area contributed by atoms with Crippen molar-refractivity contribution in [3.05, 3.63) is 196 Å². The van der Waals surface area contributed by atoms with Crippen LogP contribution in [0.4, 0.5) is 17.1 Å². The molecule has 0 aromatic heterocycles. The number of ether oxygens (including phenoxy) is 1. The lowest BCUT2D eigenvalue weighted by Gasteiger charge is -2.29.